The summed E-state index contributed by atoms with van der Waals surface area (Å²) in [5, 5.41) is 1.36. The van der Waals surface area contributed by atoms with Gasteiger partial charge in [-0.15, -0.1) is 0 Å². The maximum Gasteiger partial charge on any atom is 0.0499 e. The first kappa shape index (κ1) is 13.5. The topological polar surface area (TPSA) is 0 Å². The van der Waals surface area contributed by atoms with Crippen molar-refractivity contribution in [2.45, 2.75) is 26.2 Å². The van der Waals surface area contributed by atoms with Gasteiger partial charge in [0.05, 0.1) is 0 Å². The highest BCUT2D eigenvalue weighted by Gasteiger charge is 2.19. The predicted molar refractivity (Wildman–Crippen MR) is 80.6 cm³/mol. The van der Waals surface area contributed by atoms with Gasteiger partial charge in [0, 0.05) is 15.6 Å². The Kier molecular flexibility index (Phi) is 3.70. The van der Waals surface area contributed by atoms with Crippen LogP contribution in [-0.4, -0.2) is 0 Å². The molecule has 94 valence electrons. The van der Waals surface area contributed by atoms with Crippen LogP contribution < -0.4 is 0 Å². The van der Waals surface area contributed by atoms with Gasteiger partial charge in [-0.25, -0.2) is 0 Å². The summed E-state index contributed by atoms with van der Waals surface area (Å²) >= 11 is 12.3. The van der Waals surface area contributed by atoms with Crippen molar-refractivity contribution in [1.82, 2.24) is 0 Å². The highest BCUT2D eigenvalue weighted by molar-refractivity contribution is 6.36. The van der Waals surface area contributed by atoms with E-state index in [4.69, 9.17) is 23.2 Å². The van der Waals surface area contributed by atoms with Crippen LogP contribution in [0.5, 0.6) is 0 Å². The van der Waals surface area contributed by atoms with Crippen LogP contribution in [0.2, 0.25) is 10.0 Å². The molecule has 0 aliphatic carbocycles. The minimum Gasteiger partial charge on any atom is -0.0843 e. The van der Waals surface area contributed by atoms with Gasteiger partial charge in [-0.3, -0.25) is 0 Å². The Labute approximate surface area is 119 Å². The molecular weight excluding hydrogens is 263 g/mol. The van der Waals surface area contributed by atoms with Crippen molar-refractivity contribution in [3.05, 3.63) is 58.1 Å². The Morgan fingerprint density at radius 2 is 1.50 bits per heavy atom. The van der Waals surface area contributed by atoms with Gasteiger partial charge in [-0.2, -0.15) is 0 Å². The van der Waals surface area contributed by atoms with Crippen molar-refractivity contribution in [3.8, 4) is 11.1 Å². The lowest BCUT2D eigenvalue weighted by molar-refractivity contribution is 0.592. The summed E-state index contributed by atoms with van der Waals surface area (Å²) in [6, 6.07) is 14.0. The van der Waals surface area contributed by atoms with Gasteiger partial charge < -0.3 is 0 Å². The fourth-order valence-corrected chi connectivity index (χ4v) is 2.59. The lowest BCUT2D eigenvalue weighted by Gasteiger charge is -2.23. The zero-order chi connectivity index (χ0) is 13.3. The molecule has 0 atom stereocenters. The molecule has 2 heteroatoms. The quantitative estimate of drug-likeness (QED) is 0.604. The Morgan fingerprint density at radius 3 is 2.11 bits per heavy atom. The Balaban J connectivity index is 2.64. The average molecular weight is 279 g/mol. The summed E-state index contributed by atoms with van der Waals surface area (Å²) in [7, 11) is 0. The van der Waals surface area contributed by atoms with E-state index in [2.05, 4.69) is 39.0 Å². The molecule has 2 rings (SSSR count). The van der Waals surface area contributed by atoms with Crippen LogP contribution in [0.1, 0.15) is 26.3 Å². The smallest absolute Gasteiger partial charge is 0.0499 e. The molecule has 0 radical (unpaired) electrons. The molecule has 0 aromatic heterocycles. The lowest BCUT2D eigenvalue weighted by atomic mass is 9.82. The van der Waals surface area contributed by atoms with E-state index in [1.807, 2.05) is 18.2 Å². The van der Waals surface area contributed by atoms with E-state index >= 15 is 0 Å². The molecule has 0 saturated carbocycles. The Morgan fingerprint density at radius 1 is 0.833 bits per heavy atom. The molecule has 0 aliphatic heterocycles. The van der Waals surface area contributed by atoms with E-state index in [1.165, 1.54) is 11.1 Å². The Bertz CT molecular complexity index is 566. The normalized spacial score (nSPS) is 11.6. The minimum atomic E-state index is 0.0829. The van der Waals surface area contributed by atoms with Gasteiger partial charge in [0.25, 0.3) is 0 Å². The molecule has 0 nitrogen and oxygen atoms in total. The maximum absolute atomic E-state index is 6.30. The molecule has 0 fully saturated rings. The van der Waals surface area contributed by atoms with Crippen LogP contribution in [0, 0.1) is 0 Å². The van der Waals surface area contributed by atoms with Crippen molar-refractivity contribution in [3.63, 3.8) is 0 Å². The molecule has 0 unspecified atom stereocenters. The summed E-state index contributed by atoms with van der Waals surface area (Å²) in [6.45, 7) is 6.61. The van der Waals surface area contributed by atoms with Crippen molar-refractivity contribution in [2.75, 3.05) is 0 Å². The van der Waals surface area contributed by atoms with Gasteiger partial charge in [-0.05, 0) is 28.7 Å². The first-order valence-electron chi connectivity index (χ1n) is 5.94. The van der Waals surface area contributed by atoms with E-state index in [9.17, 15) is 0 Å². The monoisotopic (exact) mass is 278 g/mol. The van der Waals surface area contributed by atoms with Crippen molar-refractivity contribution in [1.29, 1.82) is 0 Å². The highest BCUT2D eigenvalue weighted by Crippen LogP contribution is 2.37. The summed E-state index contributed by atoms with van der Waals surface area (Å²) in [6.07, 6.45) is 0. The molecule has 0 bridgehead atoms. The van der Waals surface area contributed by atoms with Crippen LogP contribution in [-0.2, 0) is 5.41 Å². The molecule has 0 saturated heterocycles. The fraction of sp³-hybridized carbons (Fsp3) is 0.250. The largest absolute Gasteiger partial charge is 0.0843 e. The Hall–Kier alpha value is -0.980. The minimum absolute atomic E-state index is 0.0829. The van der Waals surface area contributed by atoms with Gasteiger partial charge in [0.15, 0.2) is 0 Å². The second-order valence-corrected chi connectivity index (χ2v) is 6.26. The first-order valence-corrected chi connectivity index (χ1v) is 6.70. The summed E-state index contributed by atoms with van der Waals surface area (Å²) < 4.78 is 0. The fourth-order valence-electron chi connectivity index (χ4n) is 2.08. The molecule has 2 aromatic rings. The highest BCUT2D eigenvalue weighted by atomic mass is 35.5. The van der Waals surface area contributed by atoms with Crippen LogP contribution in [0.4, 0.5) is 0 Å². The van der Waals surface area contributed by atoms with E-state index in [1.54, 1.807) is 6.07 Å². The number of hydrogen-bond acceptors (Lipinski definition) is 0. The van der Waals surface area contributed by atoms with Crippen molar-refractivity contribution < 1.29 is 0 Å². The van der Waals surface area contributed by atoms with E-state index in [0.29, 0.717) is 10.0 Å². The molecular formula is C16H16Cl2. The van der Waals surface area contributed by atoms with E-state index in [-0.39, 0.29) is 5.41 Å². The van der Waals surface area contributed by atoms with Crippen molar-refractivity contribution >= 4 is 23.2 Å². The predicted octanol–water partition coefficient (Wildman–Crippen LogP) is 5.96. The molecule has 0 N–H and O–H groups in total. The number of hydrogen-bond donors (Lipinski definition) is 0. The SMILES string of the molecule is CC(C)(C)c1ccccc1-c1ccc(Cl)cc1Cl. The van der Waals surface area contributed by atoms with Crippen LogP contribution >= 0.6 is 23.2 Å². The zero-order valence-electron chi connectivity index (χ0n) is 10.8. The third kappa shape index (κ3) is 2.71. The average Bonchev–Trinajstić information content (AvgIpc) is 2.28. The molecule has 0 spiro atoms. The molecule has 0 amide bonds. The van der Waals surface area contributed by atoms with Gasteiger partial charge >= 0.3 is 0 Å². The molecule has 2 aromatic carbocycles. The van der Waals surface area contributed by atoms with E-state index < -0.39 is 0 Å². The van der Waals surface area contributed by atoms with Gasteiger partial charge in [0.2, 0.25) is 0 Å². The van der Waals surface area contributed by atoms with E-state index in [0.717, 1.165) is 5.56 Å². The summed E-state index contributed by atoms with van der Waals surface area (Å²) in [4.78, 5) is 0. The standard InChI is InChI=1S/C16H16Cl2/c1-16(2,3)14-7-5-4-6-12(14)13-9-8-11(17)10-15(13)18/h4-10H,1-3H3. The molecule has 0 aliphatic rings. The number of benzene rings is 2. The second-order valence-electron chi connectivity index (χ2n) is 5.42. The second kappa shape index (κ2) is 4.95. The zero-order valence-corrected chi connectivity index (χ0v) is 12.3. The first-order chi connectivity index (χ1) is 8.39. The van der Waals surface area contributed by atoms with Gasteiger partial charge in [-0.1, -0.05) is 74.3 Å². The summed E-state index contributed by atoms with van der Waals surface area (Å²) in [5.74, 6) is 0. The summed E-state index contributed by atoms with van der Waals surface area (Å²) in [5.41, 5.74) is 3.58. The van der Waals surface area contributed by atoms with Crippen LogP contribution in [0.3, 0.4) is 0 Å². The van der Waals surface area contributed by atoms with Crippen LogP contribution in [0.15, 0.2) is 42.5 Å². The van der Waals surface area contributed by atoms with Crippen molar-refractivity contribution in [2.24, 2.45) is 0 Å². The third-order valence-electron chi connectivity index (χ3n) is 2.96. The lowest BCUT2D eigenvalue weighted by Crippen LogP contribution is -2.12. The number of halogens is 2. The van der Waals surface area contributed by atoms with Crippen LogP contribution in [0.25, 0.3) is 11.1 Å². The number of rotatable bonds is 1. The maximum atomic E-state index is 6.30. The van der Waals surface area contributed by atoms with Gasteiger partial charge in [0.1, 0.15) is 0 Å². The molecule has 0 heterocycles. The third-order valence-corrected chi connectivity index (χ3v) is 3.50. The molecule has 18 heavy (non-hydrogen) atoms.